The molecular weight excluding hydrogens is 218 g/mol. The first-order chi connectivity index (χ1) is 7.79. The van der Waals surface area contributed by atoms with Crippen LogP contribution in [0.1, 0.15) is 24.1 Å². The standard InChI is InChI=1S/C12H17N3S/c1-3-13-12(6-10-4-5-16-9-10)11-7-14-15(2)8-11/h4-5,7-9,12-13H,3,6H2,1-2H3. The summed E-state index contributed by atoms with van der Waals surface area (Å²) >= 11 is 1.75. The molecule has 3 nitrogen and oxygen atoms in total. The maximum Gasteiger partial charge on any atom is 0.0537 e. The van der Waals surface area contributed by atoms with Gasteiger partial charge in [-0.3, -0.25) is 4.68 Å². The molecule has 0 saturated heterocycles. The summed E-state index contributed by atoms with van der Waals surface area (Å²) in [6.07, 6.45) is 5.06. The number of likely N-dealkylation sites (N-methyl/N-ethyl adjacent to an activating group) is 1. The Labute approximate surface area is 100 Å². The molecule has 1 atom stereocenters. The van der Waals surface area contributed by atoms with E-state index in [0.29, 0.717) is 6.04 Å². The molecule has 0 radical (unpaired) electrons. The summed E-state index contributed by atoms with van der Waals surface area (Å²) in [5, 5.41) is 12.1. The van der Waals surface area contributed by atoms with Gasteiger partial charge in [0.2, 0.25) is 0 Å². The number of aromatic nitrogens is 2. The van der Waals surface area contributed by atoms with Gasteiger partial charge in [-0.1, -0.05) is 6.92 Å². The molecular formula is C12H17N3S. The Morgan fingerprint density at radius 3 is 3.00 bits per heavy atom. The highest BCUT2D eigenvalue weighted by Gasteiger charge is 2.12. The van der Waals surface area contributed by atoms with Crippen LogP contribution < -0.4 is 5.32 Å². The highest BCUT2D eigenvalue weighted by molar-refractivity contribution is 7.07. The first-order valence-corrected chi connectivity index (χ1v) is 6.47. The molecule has 0 amide bonds. The Bertz CT molecular complexity index is 419. The SMILES string of the molecule is CCNC(Cc1ccsc1)c1cnn(C)c1. The minimum atomic E-state index is 0.369. The second-order valence-corrected chi connectivity index (χ2v) is 4.67. The maximum absolute atomic E-state index is 4.23. The van der Waals surface area contributed by atoms with E-state index in [1.165, 1.54) is 11.1 Å². The number of hydrogen-bond donors (Lipinski definition) is 1. The van der Waals surface area contributed by atoms with Gasteiger partial charge in [-0.15, -0.1) is 0 Å². The highest BCUT2D eigenvalue weighted by atomic mass is 32.1. The van der Waals surface area contributed by atoms with Gasteiger partial charge in [-0.25, -0.2) is 0 Å². The van der Waals surface area contributed by atoms with Crippen molar-refractivity contribution in [2.24, 2.45) is 7.05 Å². The molecule has 1 unspecified atom stereocenters. The van der Waals surface area contributed by atoms with Gasteiger partial charge in [0.1, 0.15) is 0 Å². The second-order valence-electron chi connectivity index (χ2n) is 3.89. The number of nitrogens with one attached hydrogen (secondary N) is 1. The Balaban J connectivity index is 2.11. The van der Waals surface area contributed by atoms with Crippen LogP contribution in [0, 0.1) is 0 Å². The average Bonchev–Trinajstić information content (AvgIpc) is 2.88. The van der Waals surface area contributed by atoms with Gasteiger partial charge >= 0.3 is 0 Å². The molecule has 2 rings (SSSR count). The fraction of sp³-hybridized carbons (Fsp3) is 0.417. The van der Waals surface area contributed by atoms with Gasteiger partial charge in [-0.2, -0.15) is 16.4 Å². The lowest BCUT2D eigenvalue weighted by Gasteiger charge is -2.15. The molecule has 1 N–H and O–H groups in total. The number of thiophene rings is 1. The Morgan fingerprint density at radius 1 is 1.56 bits per heavy atom. The molecule has 86 valence electrons. The van der Waals surface area contributed by atoms with Crippen LogP contribution in [-0.2, 0) is 13.5 Å². The van der Waals surface area contributed by atoms with Crippen LogP contribution in [0.25, 0.3) is 0 Å². The van der Waals surface area contributed by atoms with E-state index in [4.69, 9.17) is 0 Å². The largest absolute Gasteiger partial charge is 0.310 e. The number of hydrogen-bond acceptors (Lipinski definition) is 3. The van der Waals surface area contributed by atoms with Crippen molar-refractivity contribution in [3.63, 3.8) is 0 Å². The topological polar surface area (TPSA) is 29.9 Å². The molecule has 2 heterocycles. The van der Waals surface area contributed by atoms with Crippen molar-refractivity contribution in [3.05, 3.63) is 40.3 Å². The van der Waals surface area contributed by atoms with Crippen molar-refractivity contribution < 1.29 is 0 Å². The summed E-state index contributed by atoms with van der Waals surface area (Å²) in [7, 11) is 1.96. The third-order valence-corrected chi connectivity index (χ3v) is 3.33. The van der Waals surface area contributed by atoms with Gasteiger partial charge in [0.15, 0.2) is 0 Å². The van der Waals surface area contributed by atoms with E-state index in [9.17, 15) is 0 Å². The van der Waals surface area contributed by atoms with Gasteiger partial charge in [0.05, 0.1) is 6.20 Å². The van der Waals surface area contributed by atoms with Crippen LogP contribution in [0.3, 0.4) is 0 Å². The average molecular weight is 235 g/mol. The molecule has 2 aromatic rings. The van der Waals surface area contributed by atoms with E-state index in [2.05, 4.69) is 40.4 Å². The van der Waals surface area contributed by atoms with E-state index in [-0.39, 0.29) is 0 Å². The first kappa shape index (κ1) is 11.4. The van der Waals surface area contributed by atoms with E-state index >= 15 is 0 Å². The number of nitrogens with zero attached hydrogens (tertiary/aromatic N) is 2. The van der Waals surface area contributed by atoms with E-state index in [0.717, 1.165) is 13.0 Å². The predicted octanol–water partition coefficient (Wildman–Crippen LogP) is 2.37. The lowest BCUT2D eigenvalue weighted by molar-refractivity contribution is 0.550. The molecule has 0 aliphatic rings. The van der Waals surface area contributed by atoms with Crippen molar-refractivity contribution >= 4 is 11.3 Å². The van der Waals surface area contributed by atoms with Crippen LogP contribution in [0.4, 0.5) is 0 Å². The Hall–Kier alpha value is -1.13. The molecule has 4 heteroatoms. The van der Waals surface area contributed by atoms with Crippen molar-refractivity contribution in [2.75, 3.05) is 6.54 Å². The van der Waals surface area contributed by atoms with E-state index in [1.807, 2.05) is 17.9 Å². The summed E-state index contributed by atoms with van der Waals surface area (Å²) in [5.74, 6) is 0. The molecule has 0 fully saturated rings. The normalized spacial score (nSPS) is 12.9. The zero-order chi connectivity index (χ0) is 11.4. The third kappa shape index (κ3) is 2.71. The number of rotatable bonds is 5. The molecule has 0 aromatic carbocycles. The Kier molecular flexibility index (Phi) is 3.74. The lowest BCUT2D eigenvalue weighted by atomic mass is 10.0. The fourth-order valence-electron chi connectivity index (χ4n) is 1.82. The van der Waals surface area contributed by atoms with Crippen LogP contribution in [0.2, 0.25) is 0 Å². The summed E-state index contributed by atoms with van der Waals surface area (Å²) < 4.78 is 1.85. The summed E-state index contributed by atoms with van der Waals surface area (Å²) in [5.41, 5.74) is 2.65. The first-order valence-electron chi connectivity index (χ1n) is 5.52. The quantitative estimate of drug-likeness (QED) is 0.862. The van der Waals surface area contributed by atoms with Gasteiger partial charge < -0.3 is 5.32 Å². The van der Waals surface area contributed by atoms with Crippen molar-refractivity contribution in [1.29, 1.82) is 0 Å². The van der Waals surface area contributed by atoms with Crippen molar-refractivity contribution in [2.45, 2.75) is 19.4 Å². The van der Waals surface area contributed by atoms with Gasteiger partial charge in [-0.05, 0) is 35.4 Å². The lowest BCUT2D eigenvalue weighted by Crippen LogP contribution is -2.22. The smallest absolute Gasteiger partial charge is 0.0537 e. The molecule has 0 aliphatic heterocycles. The Morgan fingerprint density at radius 2 is 2.44 bits per heavy atom. The summed E-state index contributed by atoms with van der Waals surface area (Å²) in [6.45, 7) is 3.11. The van der Waals surface area contributed by atoms with Crippen LogP contribution >= 0.6 is 11.3 Å². The van der Waals surface area contributed by atoms with Crippen LogP contribution in [0.5, 0.6) is 0 Å². The zero-order valence-electron chi connectivity index (χ0n) is 9.68. The molecule has 2 aromatic heterocycles. The fourth-order valence-corrected chi connectivity index (χ4v) is 2.50. The minimum Gasteiger partial charge on any atom is -0.310 e. The van der Waals surface area contributed by atoms with Crippen molar-refractivity contribution in [1.82, 2.24) is 15.1 Å². The minimum absolute atomic E-state index is 0.369. The van der Waals surface area contributed by atoms with Crippen LogP contribution in [0.15, 0.2) is 29.2 Å². The molecule has 16 heavy (non-hydrogen) atoms. The monoisotopic (exact) mass is 235 g/mol. The van der Waals surface area contributed by atoms with Crippen LogP contribution in [-0.4, -0.2) is 16.3 Å². The molecule has 0 saturated carbocycles. The van der Waals surface area contributed by atoms with E-state index < -0.39 is 0 Å². The number of aryl methyl sites for hydroxylation is 1. The highest BCUT2D eigenvalue weighted by Crippen LogP contribution is 2.19. The predicted molar refractivity (Wildman–Crippen MR) is 67.6 cm³/mol. The maximum atomic E-state index is 4.23. The summed E-state index contributed by atoms with van der Waals surface area (Å²) in [4.78, 5) is 0. The molecule has 0 spiro atoms. The van der Waals surface area contributed by atoms with Gasteiger partial charge in [0.25, 0.3) is 0 Å². The summed E-state index contributed by atoms with van der Waals surface area (Å²) in [6, 6.07) is 2.55. The zero-order valence-corrected chi connectivity index (χ0v) is 10.5. The van der Waals surface area contributed by atoms with E-state index in [1.54, 1.807) is 11.3 Å². The molecule has 0 aliphatic carbocycles. The van der Waals surface area contributed by atoms with Gasteiger partial charge in [0, 0.05) is 24.8 Å². The van der Waals surface area contributed by atoms with Crippen molar-refractivity contribution in [3.8, 4) is 0 Å². The molecule has 0 bridgehead atoms. The second kappa shape index (κ2) is 5.27. The third-order valence-electron chi connectivity index (χ3n) is 2.60.